The molecule has 24 heavy (non-hydrogen) atoms. The zero-order chi connectivity index (χ0) is 15.7. The van der Waals surface area contributed by atoms with E-state index < -0.39 is 0 Å². The molecule has 1 aromatic heterocycles. The van der Waals surface area contributed by atoms with Gasteiger partial charge in [0.05, 0.1) is 6.61 Å². The zero-order valence-electron chi connectivity index (χ0n) is 14.3. The second-order valence-electron chi connectivity index (χ2n) is 6.93. The third-order valence-electron chi connectivity index (χ3n) is 5.31. The highest BCUT2D eigenvalue weighted by Gasteiger charge is 2.42. The molecule has 8 heteroatoms. The number of fused-ring (bicyclic) bond motifs is 1. The van der Waals surface area contributed by atoms with Crippen molar-refractivity contribution in [2.45, 2.75) is 45.7 Å². The number of hydrogen-bond donors (Lipinski definition) is 1. The number of nitrogens with one attached hydrogen (secondary N) is 1. The van der Waals surface area contributed by atoms with Crippen LogP contribution < -0.4 is 5.32 Å². The number of aryl methyl sites for hydroxylation is 1. The maximum absolute atomic E-state index is 5.63. The highest BCUT2D eigenvalue weighted by Crippen LogP contribution is 2.38. The van der Waals surface area contributed by atoms with E-state index in [9.17, 15) is 0 Å². The molecule has 134 valence electrons. The summed E-state index contributed by atoms with van der Waals surface area (Å²) in [6, 6.07) is 0. The van der Waals surface area contributed by atoms with Crippen LogP contribution in [0.4, 0.5) is 0 Å². The number of hydrogen-bond acceptors (Lipinski definition) is 4. The molecule has 3 aliphatic rings. The molecule has 7 nitrogen and oxygen atoms in total. The normalized spacial score (nSPS) is 26.0. The first-order valence-electron chi connectivity index (χ1n) is 8.82. The van der Waals surface area contributed by atoms with Gasteiger partial charge in [-0.05, 0) is 26.2 Å². The molecular weight excluding hydrogens is 419 g/mol. The molecule has 0 radical (unpaired) electrons. The first-order chi connectivity index (χ1) is 11.3. The van der Waals surface area contributed by atoms with Crippen LogP contribution in [0.25, 0.3) is 0 Å². The van der Waals surface area contributed by atoms with E-state index in [0.29, 0.717) is 12.0 Å². The fraction of sp³-hybridized carbons (Fsp3) is 0.812. The molecule has 1 spiro atoms. The summed E-state index contributed by atoms with van der Waals surface area (Å²) in [5.41, 5.74) is 0.353. The van der Waals surface area contributed by atoms with Gasteiger partial charge in [0.2, 0.25) is 0 Å². The van der Waals surface area contributed by atoms with Gasteiger partial charge in [-0.1, -0.05) is 0 Å². The van der Waals surface area contributed by atoms with E-state index >= 15 is 0 Å². The van der Waals surface area contributed by atoms with Crippen LogP contribution in [0.5, 0.6) is 0 Å². The topological polar surface area (TPSA) is 67.6 Å². The Morgan fingerprint density at radius 3 is 3.04 bits per heavy atom. The van der Waals surface area contributed by atoms with Crippen LogP contribution in [-0.4, -0.2) is 58.5 Å². The molecule has 0 aliphatic carbocycles. The highest BCUT2D eigenvalue weighted by molar-refractivity contribution is 14.0. The Morgan fingerprint density at radius 1 is 1.33 bits per heavy atom. The standard InChI is InChI=1S/C16H26N6O.HI/c1-2-17-15(21-8-5-16(11-21)6-9-23-12-16)18-10-14-20-19-13-4-3-7-22(13)14;/h2-12H2,1H3,(H,17,18);1H. The van der Waals surface area contributed by atoms with Crippen molar-refractivity contribution in [1.29, 1.82) is 0 Å². The summed E-state index contributed by atoms with van der Waals surface area (Å²) < 4.78 is 7.86. The Morgan fingerprint density at radius 2 is 2.25 bits per heavy atom. The second-order valence-corrected chi connectivity index (χ2v) is 6.93. The summed E-state index contributed by atoms with van der Waals surface area (Å²) in [6.07, 6.45) is 4.61. The Labute approximate surface area is 160 Å². The van der Waals surface area contributed by atoms with Gasteiger partial charge in [0, 0.05) is 44.6 Å². The number of nitrogens with zero attached hydrogens (tertiary/aromatic N) is 5. The lowest BCUT2D eigenvalue weighted by Crippen LogP contribution is -2.41. The third-order valence-corrected chi connectivity index (χ3v) is 5.31. The zero-order valence-corrected chi connectivity index (χ0v) is 16.7. The Balaban J connectivity index is 0.00000169. The second kappa shape index (κ2) is 7.55. The van der Waals surface area contributed by atoms with Gasteiger partial charge in [-0.15, -0.1) is 34.2 Å². The lowest BCUT2D eigenvalue weighted by atomic mass is 9.87. The van der Waals surface area contributed by atoms with Crippen molar-refractivity contribution < 1.29 is 4.74 Å². The van der Waals surface area contributed by atoms with Gasteiger partial charge < -0.3 is 19.5 Å². The smallest absolute Gasteiger partial charge is 0.194 e. The van der Waals surface area contributed by atoms with Crippen LogP contribution in [-0.2, 0) is 24.2 Å². The van der Waals surface area contributed by atoms with Gasteiger partial charge in [0.1, 0.15) is 12.4 Å². The number of guanidine groups is 1. The van der Waals surface area contributed by atoms with Gasteiger partial charge in [-0.2, -0.15) is 0 Å². The average molecular weight is 446 g/mol. The van der Waals surface area contributed by atoms with E-state index in [1.165, 1.54) is 19.3 Å². The minimum atomic E-state index is 0. The van der Waals surface area contributed by atoms with Gasteiger partial charge in [-0.25, -0.2) is 4.99 Å². The van der Waals surface area contributed by atoms with Crippen molar-refractivity contribution in [1.82, 2.24) is 25.0 Å². The van der Waals surface area contributed by atoms with Gasteiger partial charge in [0.25, 0.3) is 0 Å². The first kappa shape index (κ1) is 17.9. The minimum absolute atomic E-state index is 0. The van der Waals surface area contributed by atoms with Crippen LogP contribution in [0.2, 0.25) is 0 Å². The maximum atomic E-state index is 5.63. The van der Waals surface area contributed by atoms with Gasteiger partial charge in [0.15, 0.2) is 11.8 Å². The maximum Gasteiger partial charge on any atom is 0.194 e. The number of aromatic nitrogens is 3. The highest BCUT2D eigenvalue weighted by atomic mass is 127. The number of rotatable bonds is 3. The third kappa shape index (κ3) is 3.40. The van der Waals surface area contributed by atoms with Crippen molar-refractivity contribution in [3.05, 3.63) is 11.6 Å². The number of aliphatic imine (C=N–C) groups is 1. The SMILES string of the molecule is CCNC(=NCc1nnc2n1CCC2)N1CCC2(CCOC2)C1.I. The molecule has 0 saturated carbocycles. The number of likely N-dealkylation sites (tertiary alicyclic amines) is 1. The predicted octanol–water partition coefficient (Wildman–Crippen LogP) is 1.42. The largest absolute Gasteiger partial charge is 0.381 e. The fourth-order valence-electron chi connectivity index (χ4n) is 3.99. The molecule has 2 saturated heterocycles. The lowest BCUT2D eigenvalue weighted by Gasteiger charge is -2.24. The summed E-state index contributed by atoms with van der Waals surface area (Å²) in [5.74, 6) is 3.11. The van der Waals surface area contributed by atoms with E-state index in [2.05, 4.69) is 31.9 Å². The fourth-order valence-corrected chi connectivity index (χ4v) is 3.99. The first-order valence-corrected chi connectivity index (χ1v) is 8.82. The molecule has 3 aliphatic heterocycles. The molecule has 1 unspecified atom stereocenters. The van der Waals surface area contributed by atoms with Gasteiger partial charge >= 0.3 is 0 Å². The van der Waals surface area contributed by atoms with Crippen molar-refractivity contribution in [3.63, 3.8) is 0 Å². The average Bonchev–Trinajstić information content (AvgIpc) is 3.31. The van der Waals surface area contributed by atoms with Crippen LogP contribution in [0, 0.1) is 5.41 Å². The molecule has 1 atom stereocenters. The van der Waals surface area contributed by atoms with E-state index in [4.69, 9.17) is 9.73 Å². The lowest BCUT2D eigenvalue weighted by molar-refractivity contribution is 0.156. The molecule has 4 rings (SSSR count). The Hall–Kier alpha value is -0.900. The Kier molecular flexibility index (Phi) is 5.63. The van der Waals surface area contributed by atoms with E-state index in [1.807, 2.05) is 0 Å². The minimum Gasteiger partial charge on any atom is -0.381 e. The van der Waals surface area contributed by atoms with Crippen molar-refractivity contribution >= 4 is 29.9 Å². The summed E-state index contributed by atoms with van der Waals surface area (Å²) in [4.78, 5) is 7.23. The molecule has 2 fully saturated rings. The summed E-state index contributed by atoms with van der Waals surface area (Å²) >= 11 is 0. The molecule has 0 amide bonds. The van der Waals surface area contributed by atoms with Crippen LogP contribution >= 0.6 is 24.0 Å². The van der Waals surface area contributed by atoms with Crippen molar-refractivity contribution in [3.8, 4) is 0 Å². The van der Waals surface area contributed by atoms with Crippen LogP contribution in [0.15, 0.2) is 4.99 Å². The molecular formula is C16H27IN6O. The molecule has 1 aromatic rings. The summed E-state index contributed by atoms with van der Waals surface area (Å²) in [5, 5.41) is 12.0. The molecule has 1 N–H and O–H groups in total. The Bertz CT molecular complexity index is 595. The van der Waals surface area contributed by atoms with Crippen molar-refractivity contribution in [2.24, 2.45) is 10.4 Å². The summed E-state index contributed by atoms with van der Waals surface area (Å²) in [7, 11) is 0. The van der Waals surface area contributed by atoms with Gasteiger partial charge in [-0.3, -0.25) is 0 Å². The number of halogens is 1. The van der Waals surface area contributed by atoms with Crippen molar-refractivity contribution in [2.75, 3.05) is 32.8 Å². The molecule has 4 heterocycles. The summed E-state index contributed by atoms with van der Waals surface area (Å²) in [6.45, 7) is 8.58. The van der Waals surface area contributed by atoms with E-state index in [-0.39, 0.29) is 24.0 Å². The predicted molar refractivity (Wildman–Crippen MR) is 103 cm³/mol. The monoisotopic (exact) mass is 446 g/mol. The molecule has 0 aromatic carbocycles. The van der Waals surface area contributed by atoms with Crippen LogP contribution in [0.3, 0.4) is 0 Å². The quantitative estimate of drug-likeness (QED) is 0.432. The molecule has 0 bridgehead atoms. The van der Waals surface area contributed by atoms with E-state index in [1.54, 1.807) is 0 Å². The van der Waals surface area contributed by atoms with Crippen LogP contribution in [0.1, 0.15) is 37.8 Å². The number of ether oxygens (including phenoxy) is 1. The van der Waals surface area contributed by atoms with E-state index in [0.717, 1.165) is 63.4 Å².